The summed E-state index contributed by atoms with van der Waals surface area (Å²) in [5.41, 5.74) is 12.9. The molecule has 1 aliphatic carbocycles. The summed E-state index contributed by atoms with van der Waals surface area (Å²) in [6.07, 6.45) is 12.5. The van der Waals surface area contributed by atoms with Crippen molar-refractivity contribution in [3.63, 3.8) is 0 Å². The number of hydrogen-bond acceptors (Lipinski definition) is 28. The first-order chi connectivity index (χ1) is 65.0. The van der Waals surface area contributed by atoms with Gasteiger partial charge in [-0.15, -0.1) is 34.0 Å². The van der Waals surface area contributed by atoms with Crippen molar-refractivity contribution in [2.45, 2.75) is 160 Å². The van der Waals surface area contributed by atoms with Gasteiger partial charge in [0.2, 0.25) is 17.8 Å². The molecule has 4 atom stereocenters. The number of carboxylic acid groups (broad SMARTS) is 1. The SMILES string of the molecule is CCOC(=O)Cc1sc(Cc2nc(C)cc(C)n2)nc1-c1ccccc1.Cc1cc(C)nc(Cc2nc(-c3ccccc3)c(CC(=O)O)s2)n1.O=c1[nH]c(CS(=O)(=O)c2ccccc2)nc2sc3c(c12)CCCC3.O=c1cccc2n1CC1CC2CN(c2cc(Cl)cc(NCCN3CCOCC3)c2)C1.O=c1cccc2n1CC1CC2CN(c2nc(N3CCCC3)nc(N3CCCC3)n2)C1. The molecule has 13 aromatic rings. The van der Waals surface area contributed by atoms with Crippen LogP contribution in [0.3, 0.4) is 0 Å². The Labute approximate surface area is 796 Å². The number of aromatic nitrogens is 13. The Morgan fingerprint density at radius 1 is 0.545 bits per heavy atom. The molecule has 21 rings (SSSR count). The predicted molar refractivity (Wildman–Crippen MR) is 527 cm³/mol. The minimum atomic E-state index is -3.53. The molecule has 0 radical (unpaired) electrons. The smallest absolute Gasteiger partial charge is 0.311 e. The number of thiazole rings is 2. The Hall–Kier alpha value is -11.9. The zero-order valence-corrected chi connectivity index (χ0v) is 80.2. The lowest BCUT2D eigenvalue weighted by atomic mass is 9.83. The number of carboxylic acids is 1. The Kier molecular flexibility index (Phi) is 30.3. The van der Waals surface area contributed by atoms with Crippen molar-refractivity contribution in [2.24, 2.45) is 11.8 Å². The van der Waals surface area contributed by atoms with Gasteiger partial charge in [0.25, 0.3) is 16.7 Å². The largest absolute Gasteiger partial charge is 0.481 e. The number of sulfone groups is 1. The molecule has 8 aliphatic rings. The number of morpholine rings is 1. The maximum atomic E-state index is 12.5. The Bertz CT molecular complexity index is 6560. The second-order valence-corrected chi connectivity index (χ2v) is 41.3. The highest BCUT2D eigenvalue weighted by Gasteiger charge is 2.38. The topological polar surface area (TPSA) is 341 Å². The van der Waals surface area contributed by atoms with E-state index < -0.39 is 15.8 Å². The number of hydrogen-bond donors (Lipinski definition) is 3. The van der Waals surface area contributed by atoms with Crippen LogP contribution in [0.4, 0.5) is 29.2 Å². The summed E-state index contributed by atoms with van der Waals surface area (Å²) in [7, 11) is -3.53. The molecule has 16 heterocycles. The van der Waals surface area contributed by atoms with Gasteiger partial charge in [0.1, 0.15) is 38.1 Å². The standard InChI is InChI=1S/C23H29ClN4O2.C22H29N7O.C20H21N3O2S.C18H17N3O2S.C17H16N2O3S2/c24-19-11-20(25-4-5-26-6-8-30-9-7-26)13-21(12-19)27-14-17-10-18(16-27)22-2-1-3-23(29)28(22)15-17;30-19-7-5-6-18-17-12-16(14-29(18)19)13-28(15-17)22-24-20(26-8-1-2-9-26)23-21(25-22)27-10-3-4-11-27;1-4-25-19(24)11-16-20(15-8-6-5-7-9-15)23-18(26-16)12-17-21-13(2)10-14(3)22-17;1-11-8-12(2)20-15(19-11)10-16-21-18(13-6-4-3-5-7-13)14(24-16)9-17(22)23;20-16-15-12-8-4-5-9-13(12)23-17(15)19-14(18-16)10-24(21,22)11-6-2-1-3-7-11/h1-3,11-13,17-18,25H,4-10,14-16H2;5-7,16-17H,1-4,8-15H2;5-10H,4,11-12H2,1-3H3;3-8H,9-10H2,1-2H3,(H,22,23);1-3,6-7H,4-5,8-10H2,(H,18,19,20). The molecular weight excluding hydrogens is 1790 g/mol. The van der Waals surface area contributed by atoms with E-state index in [1.807, 2.05) is 135 Å². The molecule has 5 saturated heterocycles. The van der Waals surface area contributed by atoms with Crippen molar-refractivity contribution in [3.05, 3.63) is 276 Å². The number of piperidine rings is 2. The fraction of sp³-hybridized carbons (Fsp3) is 0.410. The Balaban J connectivity index is 0.000000117. The van der Waals surface area contributed by atoms with Crippen LogP contribution >= 0.6 is 45.6 Å². The minimum Gasteiger partial charge on any atom is -0.481 e. The van der Waals surface area contributed by atoms with Crippen molar-refractivity contribution < 1.29 is 32.6 Å². The third kappa shape index (κ3) is 23.5. The van der Waals surface area contributed by atoms with Crippen LogP contribution in [0.2, 0.25) is 5.02 Å². The highest BCUT2D eigenvalue weighted by Crippen LogP contribution is 2.42. The number of fused-ring (bicyclic) bond motifs is 11. The highest BCUT2D eigenvalue weighted by atomic mass is 35.5. The first-order valence-electron chi connectivity index (χ1n) is 46.4. The first-order valence-corrected chi connectivity index (χ1v) is 50.9. The van der Waals surface area contributed by atoms with Gasteiger partial charge in [-0.3, -0.25) is 28.9 Å². The summed E-state index contributed by atoms with van der Waals surface area (Å²) in [5.74, 6) is 4.46. The Morgan fingerprint density at radius 2 is 1.05 bits per heavy atom. The molecule has 0 amide bonds. The number of aryl methyl sites for hydroxylation is 6. The van der Waals surface area contributed by atoms with E-state index in [9.17, 15) is 32.4 Å². The van der Waals surface area contributed by atoms with E-state index in [4.69, 9.17) is 46.1 Å². The molecule has 9 aromatic heterocycles. The van der Waals surface area contributed by atoms with Crippen LogP contribution in [-0.4, -0.2) is 193 Å². The fourth-order valence-electron chi connectivity index (χ4n) is 19.3. The third-order valence-electron chi connectivity index (χ3n) is 25.2. The quantitative estimate of drug-likeness (QED) is 0.0531. The highest BCUT2D eigenvalue weighted by molar-refractivity contribution is 7.90. The average Bonchev–Trinajstić information content (AvgIpc) is 1.36. The van der Waals surface area contributed by atoms with Crippen LogP contribution in [0, 0.1) is 39.5 Å². The number of pyridine rings is 2. The van der Waals surface area contributed by atoms with Crippen molar-refractivity contribution >= 4 is 107 Å². The molecule has 5 fully saturated rings. The number of thiophene rings is 1. The molecule has 34 heteroatoms. The van der Waals surface area contributed by atoms with Crippen LogP contribution in [-0.2, 0) is 86.3 Å². The first kappa shape index (κ1) is 93.9. The lowest BCUT2D eigenvalue weighted by Crippen LogP contribution is -2.47. The molecule has 7 aliphatic heterocycles. The van der Waals surface area contributed by atoms with Gasteiger partial charge in [-0.25, -0.2) is 43.3 Å². The molecule has 3 N–H and O–H groups in total. The molecule has 4 unspecified atom stereocenters. The second-order valence-electron chi connectivity index (χ2n) is 35.4. The zero-order valence-electron chi connectivity index (χ0n) is 76.2. The normalized spacial score (nSPS) is 17.7. The molecule has 698 valence electrons. The molecule has 29 nitrogen and oxygen atoms in total. The van der Waals surface area contributed by atoms with Gasteiger partial charge in [-0.05, 0) is 171 Å². The number of nitrogens with zero attached hydrogens (tertiary/aromatic N) is 17. The Morgan fingerprint density at radius 3 is 1.59 bits per heavy atom. The number of anilines is 5. The van der Waals surface area contributed by atoms with Crippen LogP contribution in [0.1, 0.15) is 152 Å². The lowest BCUT2D eigenvalue weighted by molar-refractivity contribution is -0.142. The van der Waals surface area contributed by atoms with E-state index >= 15 is 0 Å². The summed E-state index contributed by atoms with van der Waals surface area (Å²) < 4.78 is 39.5. The monoisotopic (exact) mass is 1900 g/mol. The maximum Gasteiger partial charge on any atom is 0.311 e. The van der Waals surface area contributed by atoms with Crippen LogP contribution in [0.25, 0.3) is 32.7 Å². The third-order valence-corrected chi connectivity index (χ3v) is 30.4. The number of carbonyl (C=O) groups excluding carboxylic acids is 1. The molecule has 0 spiro atoms. The van der Waals surface area contributed by atoms with E-state index in [1.165, 1.54) is 70.3 Å². The van der Waals surface area contributed by atoms with Gasteiger partial charge < -0.3 is 53.6 Å². The van der Waals surface area contributed by atoms with E-state index in [0.29, 0.717) is 59.2 Å². The number of halogens is 1. The molecular formula is C100H112ClN19O10S4. The predicted octanol–water partition coefficient (Wildman–Crippen LogP) is 14.9. The number of carbonyl (C=O) groups is 2. The van der Waals surface area contributed by atoms with Crippen molar-refractivity contribution in [2.75, 3.05) is 123 Å². The van der Waals surface area contributed by atoms with E-state index in [-0.39, 0.29) is 52.0 Å². The van der Waals surface area contributed by atoms with Gasteiger partial charge >= 0.3 is 11.9 Å². The molecule has 0 saturated carbocycles. The fourth-order valence-corrected chi connectivity index (χ4v) is 24.2. The van der Waals surface area contributed by atoms with Crippen LogP contribution < -0.4 is 41.6 Å². The van der Waals surface area contributed by atoms with Crippen molar-refractivity contribution in [1.82, 2.24) is 68.9 Å². The van der Waals surface area contributed by atoms with Gasteiger partial charge in [0, 0.05) is 192 Å². The van der Waals surface area contributed by atoms with E-state index in [0.717, 1.165) is 260 Å². The van der Waals surface area contributed by atoms with Crippen molar-refractivity contribution in [1.29, 1.82) is 0 Å². The number of benzene rings is 4. The average molecular weight is 1900 g/mol. The van der Waals surface area contributed by atoms with E-state index in [1.54, 1.807) is 42.5 Å². The van der Waals surface area contributed by atoms with Crippen LogP contribution in [0.5, 0.6) is 0 Å². The lowest BCUT2D eigenvalue weighted by Gasteiger charge is -2.44. The summed E-state index contributed by atoms with van der Waals surface area (Å²) in [4.78, 5) is 125. The number of ether oxygens (including phenoxy) is 2. The summed E-state index contributed by atoms with van der Waals surface area (Å²) in [6.45, 7) is 24.9. The summed E-state index contributed by atoms with van der Waals surface area (Å²) in [5, 5.41) is 15.8. The number of aliphatic carboxylic acids is 1. The van der Waals surface area contributed by atoms with Crippen LogP contribution in [0.15, 0.2) is 177 Å². The number of rotatable bonds is 22. The zero-order chi connectivity index (χ0) is 92.9. The molecule has 4 bridgehead atoms. The van der Waals surface area contributed by atoms with Gasteiger partial charge in [0.05, 0.1) is 67.2 Å². The van der Waals surface area contributed by atoms with Gasteiger partial charge in [-0.1, -0.05) is 103 Å². The summed E-state index contributed by atoms with van der Waals surface area (Å²) >= 11 is 10.9. The second kappa shape index (κ2) is 43.2. The number of H-pyrrole nitrogens is 1. The summed E-state index contributed by atoms with van der Waals surface area (Å²) in [6, 6.07) is 49.3. The number of aromatic amines is 1. The maximum absolute atomic E-state index is 12.5. The van der Waals surface area contributed by atoms with Gasteiger partial charge in [-0.2, -0.15) is 15.0 Å². The molecule has 134 heavy (non-hydrogen) atoms. The molecule has 4 aromatic carbocycles. The van der Waals surface area contributed by atoms with E-state index in [2.05, 4.69) is 89.0 Å². The van der Waals surface area contributed by atoms with Gasteiger partial charge in [0.15, 0.2) is 9.84 Å². The van der Waals surface area contributed by atoms with Crippen molar-refractivity contribution in [3.8, 4) is 22.5 Å². The number of nitrogens with one attached hydrogen (secondary N) is 2. The minimum absolute atomic E-state index is 0.0321. The number of esters is 1.